The molecular formula is C21H20N2O4S. The van der Waals surface area contributed by atoms with E-state index < -0.39 is 10.0 Å². The molecule has 0 spiro atoms. The first-order valence-electron chi connectivity index (χ1n) is 8.93. The summed E-state index contributed by atoms with van der Waals surface area (Å²) in [5.41, 5.74) is 2.27. The molecule has 0 fully saturated rings. The van der Waals surface area contributed by atoms with Crippen LogP contribution in [-0.4, -0.2) is 19.4 Å². The summed E-state index contributed by atoms with van der Waals surface area (Å²) >= 11 is 0. The molecule has 0 aliphatic rings. The number of aromatic nitrogens is 1. The minimum Gasteiger partial charge on any atom is -0.461 e. The Morgan fingerprint density at radius 1 is 1.11 bits per heavy atom. The molecule has 0 saturated carbocycles. The van der Waals surface area contributed by atoms with Gasteiger partial charge in [0.15, 0.2) is 5.89 Å². The third-order valence-corrected chi connectivity index (χ3v) is 6.03. The zero-order chi connectivity index (χ0) is 19.7. The number of para-hydroxylation sites is 1. The molecule has 1 atom stereocenters. The summed E-state index contributed by atoms with van der Waals surface area (Å²) in [6.07, 6.45) is 2.01. The maximum atomic E-state index is 12.7. The average molecular weight is 396 g/mol. The van der Waals surface area contributed by atoms with Gasteiger partial charge in [0.2, 0.25) is 10.0 Å². The van der Waals surface area contributed by atoms with Crippen LogP contribution in [0.5, 0.6) is 0 Å². The van der Waals surface area contributed by atoms with Crippen molar-refractivity contribution in [1.29, 1.82) is 0 Å². The van der Waals surface area contributed by atoms with Gasteiger partial charge in [-0.05, 0) is 31.2 Å². The number of hydrogen-bond acceptors (Lipinski definition) is 5. The molecule has 4 rings (SSSR count). The number of benzene rings is 2. The topological polar surface area (TPSA) is 85.3 Å². The Balaban J connectivity index is 1.46. The maximum absolute atomic E-state index is 12.7. The summed E-state index contributed by atoms with van der Waals surface area (Å²) < 4.78 is 39.0. The van der Waals surface area contributed by atoms with Crippen LogP contribution in [0.3, 0.4) is 0 Å². The third-order valence-electron chi connectivity index (χ3n) is 4.42. The first-order valence-corrected chi connectivity index (χ1v) is 10.4. The van der Waals surface area contributed by atoms with E-state index in [9.17, 15) is 8.42 Å². The Kier molecular flexibility index (Phi) is 4.78. The fourth-order valence-electron chi connectivity index (χ4n) is 3.11. The lowest BCUT2D eigenvalue weighted by Crippen LogP contribution is -2.34. The van der Waals surface area contributed by atoms with Crippen molar-refractivity contribution >= 4 is 21.0 Å². The lowest BCUT2D eigenvalue weighted by molar-refractivity contribution is 0.504. The van der Waals surface area contributed by atoms with E-state index in [1.165, 1.54) is 0 Å². The molecule has 7 heteroatoms. The van der Waals surface area contributed by atoms with Gasteiger partial charge in [-0.1, -0.05) is 30.3 Å². The van der Waals surface area contributed by atoms with Crippen LogP contribution in [0.15, 0.2) is 74.6 Å². The van der Waals surface area contributed by atoms with Crippen molar-refractivity contribution in [3.8, 4) is 11.3 Å². The fraction of sp³-hybridized carbons (Fsp3) is 0.190. The Bertz CT molecular complexity index is 1170. The monoisotopic (exact) mass is 396 g/mol. The number of nitrogens with one attached hydrogen (secondary N) is 1. The summed E-state index contributed by atoms with van der Waals surface area (Å²) in [6, 6.07) is 15.9. The maximum Gasteiger partial charge on any atom is 0.240 e. The summed E-state index contributed by atoms with van der Waals surface area (Å²) in [6.45, 7) is 3.58. The van der Waals surface area contributed by atoms with Crippen LogP contribution >= 0.6 is 0 Å². The molecular weight excluding hydrogens is 376 g/mol. The Hall–Kier alpha value is -2.90. The van der Waals surface area contributed by atoms with Crippen molar-refractivity contribution in [3.63, 3.8) is 0 Å². The van der Waals surface area contributed by atoms with E-state index in [4.69, 9.17) is 8.83 Å². The molecule has 0 unspecified atom stereocenters. The molecule has 144 valence electrons. The number of sulfonamides is 1. The number of oxazole rings is 1. The first-order chi connectivity index (χ1) is 13.4. The van der Waals surface area contributed by atoms with Gasteiger partial charge in [0.1, 0.15) is 23.3 Å². The highest BCUT2D eigenvalue weighted by atomic mass is 32.2. The minimum absolute atomic E-state index is 0.202. The average Bonchev–Trinajstić information content (AvgIpc) is 3.26. The second-order valence-electron chi connectivity index (χ2n) is 6.75. The van der Waals surface area contributed by atoms with Crippen molar-refractivity contribution in [2.24, 2.45) is 0 Å². The predicted molar refractivity (Wildman–Crippen MR) is 106 cm³/mol. The number of fused-ring (bicyclic) bond motifs is 1. The smallest absolute Gasteiger partial charge is 0.240 e. The summed E-state index contributed by atoms with van der Waals surface area (Å²) in [5.74, 6) is 1.31. The van der Waals surface area contributed by atoms with E-state index in [-0.39, 0.29) is 10.9 Å². The molecule has 6 nitrogen and oxygen atoms in total. The van der Waals surface area contributed by atoms with Crippen molar-refractivity contribution in [2.45, 2.75) is 31.2 Å². The summed E-state index contributed by atoms with van der Waals surface area (Å²) in [5, 5.41) is 1.01. The van der Waals surface area contributed by atoms with Gasteiger partial charge in [0.25, 0.3) is 0 Å². The molecule has 0 saturated heterocycles. The van der Waals surface area contributed by atoms with Crippen LogP contribution in [0.25, 0.3) is 22.2 Å². The van der Waals surface area contributed by atoms with Crippen LogP contribution in [0, 0.1) is 6.92 Å². The van der Waals surface area contributed by atoms with Gasteiger partial charge < -0.3 is 8.83 Å². The lowest BCUT2D eigenvalue weighted by Gasteiger charge is -2.13. The van der Waals surface area contributed by atoms with Crippen LogP contribution in [0.4, 0.5) is 0 Å². The van der Waals surface area contributed by atoms with Gasteiger partial charge in [-0.2, -0.15) is 0 Å². The van der Waals surface area contributed by atoms with Crippen LogP contribution < -0.4 is 4.72 Å². The number of hydrogen-bond donors (Lipinski definition) is 1. The standard InChI is InChI=1S/C21H20N2O4S/c1-14(11-18-12-17-5-3-4-6-21(17)27-18)23-28(24,25)19-9-7-16(8-10-19)20-13-26-15(2)22-20/h3-10,12-14,23H,11H2,1-2H3/t14-/m1/s1. The van der Waals surface area contributed by atoms with Crippen molar-refractivity contribution in [1.82, 2.24) is 9.71 Å². The first kappa shape index (κ1) is 18.5. The molecule has 0 radical (unpaired) electrons. The Labute approximate surface area is 163 Å². The van der Waals surface area contributed by atoms with Crippen LogP contribution in [0.2, 0.25) is 0 Å². The molecule has 0 bridgehead atoms. The van der Waals surface area contributed by atoms with Crippen molar-refractivity contribution < 1.29 is 17.3 Å². The highest BCUT2D eigenvalue weighted by Crippen LogP contribution is 2.22. The van der Waals surface area contributed by atoms with Gasteiger partial charge in [0, 0.05) is 30.3 Å². The van der Waals surface area contributed by atoms with Gasteiger partial charge in [-0.3, -0.25) is 0 Å². The highest BCUT2D eigenvalue weighted by molar-refractivity contribution is 7.89. The van der Waals surface area contributed by atoms with E-state index in [2.05, 4.69) is 9.71 Å². The van der Waals surface area contributed by atoms with Crippen molar-refractivity contribution in [3.05, 3.63) is 72.5 Å². The SMILES string of the molecule is Cc1nc(-c2ccc(S(=O)(=O)N[C@H](C)Cc3cc4ccccc4o3)cc2)co1. The second-order valence-corrected chi connectivity index (χ2v) is 8.47. The largest absolute Gasteiger partial charge is 0.461 e. The Morgan fingerprint density at radius 2 is 1.86 bits per heavy atom. The molecule has 2 aromatic heterocycles. The minimum atomic E-state index is -3.64. The van der Waals surface area contributed by atoms with Gasteiger partial charge in [0.05, 0.1) is 4.90 Å². The number of aryl methyl sites for hydroxylation is 1. The number of rotatable bonds is 6. The van der Waals surface area contributed by atoms with Crippen LogP contribution in [-0.2, 0) is 16.4 Å². The molecule has 0 amide bonds. The Morgan fingerprint density at radius 3 is 2.54 bits per heavy atom. The second kappa shape index (κ2) is 7.26. The van der Waals surface area contributed by atoms with Crippen LogP contribution in [0.1, 0.15) is 18.6 Å². The highest BCUT2D eigenvalue weighted by Gasteiger charge is 2.19. The molecule has 4 aromatic rings. The summed E-state index contributed by atoms with van der Waals surface area (Å²) in [7, 11) is -3.64. The number of furan rings is 1. The zero-order valence-corrected chi connectivity index (χ0v) is 16.4. The van der Waals surface area contributed by atoms with Gasteiger partial charge >= 0.3 is 0 Å². The number of nitrogens with zero attached hydrogens (tertiary/aromatic N) is 1. The molecule has 1 N–H and O–H groups in total. The predicted octanol–water partition coefficient (Wildman–Crippen LogP) is 4.31. The van der Waals surface area contributed by atoms with E-state index in [1.54, 1.807) is 37.5 Å². The van der Waals surface area contributed by atoms with E-state index >= 15 is 0 Å². The van der Waals surface area contributed by atoms with Crippen molar-refractivity contribution in [2.75, 3.05) is 0 Å². The van der Waals surface area contributed by atoms with E-state index in [0.717, 1.165) is 22.3 Å². The normalized spacial score (nSPS) is 13.1. The molecule has 2 aromatic carbocycles. The molecule has 0 aliphatic heterocycles. The summed E-state index contributed by atoms with van der Waals surface area (Å²) in [4.78, 5) is 4.45. The molecule has 28 heavy (non-hydrogen) atoms. The third kappa shape index (κ3) is 3.85. The van der Waals surface area contributed by atoms with Gasteiger partial charge in [-0.25, -0.2) is 18.1 Å². The van der Waals surface area contributed by atoms with E-state index in [1.807, 2.05) is 37.3 Å². The van der Waals surface area contributed by atoms with Gasteiger partial charge in [-0.15, -0.1) is 0 Å². The lowest BCUT2D eigenvalue weighted by atomic mass is 10.2. The molecule has 0 aliphatic carbocycles. The van der Waals surface area contributed by atoms with E-state index in [0.29, 0.717) is 18.0 Å². The quantitative estimate of drug-likeness (QED) is 0.525. The fourth-order valence-corrected chi connectivity index (χ4v) is 4.36. The molecule has 2 heterocycles. The zero-order valence-electron chi connectivity index (χ0n) is 15.5.